The first kappa shape index (κ1) is 16.2. The Morgan fingerprint density at radius 3 is 2.68 bits per heavy atom. The second-order valence-electron chi connectivity index (χ2n) is 5.90. The Balaban J connectivity index is 2.32. The molecule has 1 aliphatic rings. The summed E-state index contributed by atoms with van der Waals surface area (Å²) in [5.41, 5.74) is 0. The lowest BCUT2D eigenvalue weighted by molar-refractivity contribution is -0.0284. The summed E-state index contributed by atoms with van der Waals surface area (Å²) in [5.74, 6) is 1.56. The average molecular weight is 270 g/mol. The van der Waals surface area contributed by atoms with Gasteiger partial charge in [0, 0.05) is 39.3 Å². The highest BCUT2D eigenvalue weighted by Crippen LogP contribution is 2.07. The van der Waals surface area contributed by atoms with Crippen LogP contribution in [0.3, 0.4) is 0 Å². The lowest BCUT2D eigenvalue weighted by Crippen LogP contribution is -2.50. The lowest BCUT2D eigenvalue weighted by atomic mass is 10.2. The maximum atomic E-state index is 5.80. The zero-order chi connectivity index (χ0) is 14.3. The van der Waals surface area contributed by atoms with Crippen LogP contribution in [0.1, 0.15) is 27.7 Å². The highest BCUT2D eigenvalue weighted by atomic mass is 16.5. The molecule has 1 saturated heterocycles. The fourth-order valence-corrected chi connectivity index (χ4v) is 2.26. The molecule has 1 unspecified atom stereocenters. The van der Waals surface area contributed by atoms with Crippen molar-refractivity contribution in [3.8, 4) is 0 Å². The summed E-state index contributed by atoms with van der Waals surface area (Å²) in [4.78, 5) is 6.69. The minimum absolute atomic E-state index is 0.248. The number of hydrogen-bond donors (Lipinski definition) is 2. The second-order valence-corrected chi connectivity index (χ2v) is 5.90. The number of aliphatic imine (C=N–C) groups is 1. The van der Waals surface area contributed by atoms with Gasteiger partial charge in [-0.3, -0.25) is 9.89 Å². The standard InChI is InChI=1S/C14H30N4O/c1-11(2)9-18-6-7-19-13(10-18)8-16-14(15-5)17-12(3)4/h11-13H,6-10H2,1-5H3,(H2,15,16,17). The Hall–Kier alpha value is -0.810. The van der Waals surface area contributed by atoms with E-state index in [0.717, 1.165) is 38.7 Å². The zero-order valence-electron chi connectivity index (χ0n) is 13.1. The quantitative estimate of drug-likeness (QED) is 0.576. The van der Waals surface area contributed by atoms with Crippen LogP contribution in [-0.4, -0.2) is 62.8 Å². The van der Waals surface area contributed by atoms with Crippen LogP contribution in [-0.2, 0) is 4.74 Å². The van der Waals surface area contributed by atoms with Crippen molar-refractivity contribution in [3.63, 3.8) is 0 Å². The van der Waals surface area contributed by atoms with E-state index in [0.29, 0.717) is 12.0 Å². The van der Waals surface area contributed by atoms with E-state index in [1.165, 1.54) is 0 Å². The molecule has 0 aromatic heterocycles. The summed E-state index contributed by atoms with van der Waals surface area (Å²) in [6.45, 7) is 13.6. The van der Waals surface area contributed by atoms with E-state index in [-0.39, 0.29) is 6.10 Å². The van der Waals surface area contributed by atoms with Crippen LogP contribution in [0.25, 0.3) is 0 Å². The van der Waals surface area contributed by atoms with Crippen molar-refractivity contribution < 1.29 is 4.74 Å². The van der Waals surface area contributed by atoms with Crippen molar-refractivity contribution in [3.05, 3.63) is 0 Å². The molecule has 1 heterocycles. The lowest BCUT2D eigenvalue weighted by Gasteiger charge is -2.34. The minimum atomic E-state index is 0.248. The first-order valence-corrected chi connectivity index (χ1v) is 7.32. The van der Waals surface area contributed by atoms with E-state index >= 15 is 0 Å². The maximum Gasteiger partial charge on any atom is 0.191 e. The van der Waals surface area contributed by atoms with Gasteiger partial charge in [-0.25, -0.2) is 0 Å². The highest BCUT2D eigenvalue weighted by molar-refractivity contribution is 5.79. The van der Waals surface area contributed by atoms with Crippen molar-refractivity contribution in [2.45, 2.75) is 39.8 Å². The molecule has 0 spiro atoms. The summed E-state index contributed by atoms with van der Waals surface area (Å²) in [5, 5.41) is 6.61. The summed E-state index contributed by atoms with van der Waals surface area (Å²) in [6, 6.07) is 0.385. The van der Waals surface area contributed by atoms with E-state index in [1.54, 1.807) is 7.05 Å². The molecule has 112 valence electrons. The number of ether oxygens (including phenoxy) is 1. The molecule has 1 atom stereocenters. The fraction of sp³-hybridized carbons (Fsp3) is 0.929. The van der Waals surface area contributed by atoms with Gasteiger partial charge in [0.1, 0.15) is 0 Å². The van der Waals surface area contributed by atoms with Crippen LogP contribution in [0.2, 0.25) is 0 Å². The molecule has 0 amide bonds. The predicted molar refractivity (Wildman–Crippen MR) is 80.7 cm³/mol. The first-order valence-electron chi connectivity index (χ1n) is 7.32. The molecule has 0 bridgehead atoms. The van der Waals surface area contributed by atoms with Gasteiger partial charge >= 0.3 is 0 Å². The SMILES string of the molecule is CN=C(NCC1CN(CC(C)C)CCO1)NC(C)C. The third-order valence-electron chi connectivity index (χ3n) is 2.99. The summed E-state index contributed by atoms with van der Waals surface area (Å²) in [6.07, 6.45) is 0.248. The van der Waals surface area contributed by atoms with Gasteiger partial charge < -0.3 is 15.4 Å². The van der Waals surface area contributed by atoms with Crippen LogP contribution < -0.4 is 10.6 Å². The summed E-state index contributed by atoms with van der Waals surface area (Å²) >= 11 is 0. The van der Waals surface area contributed by atoms with Crippen molar-refractivity contribution in [1.82, 2.24) is 15.5 Å². The number of rotatable bonds is 5. The predicted octanol–water partition coefficient (Wildman–Crippen LogP) is 0.917. The van der Waals surface area contributed by atoms with Gasteiger partial charge in [0.15, 0.2) is 5.96 Å². The largest absolute Gasteiger partial charge is 0.374 e. The van der Waals surface area contributed by atoms with Crippen molar-refractivity contribution in [2.75, 3.05) is 39.8 Å². The molecule has 1 aliphatic heterocycles. The summed E-state index contributed by atoms with van der Waals surface area (Å²) in [7, 11) is 1.80. The third-order valence-corrected chi connectivity index (χ3v) is 2.99. The molecular weight excluding hydrogens is 240 g/mol. The molecule has 0 aliphatic carbocycles. The van der Waals surface area contributed by atoms with Crippen LogP contribution in [0.15, 0.2) is 4.99 Å². The smallest absolute Gasteiger partial charge is 0.191 e. The number of guanidine groups is 1. The number of nitrogens with one attached hydrogen (secondary N) is 2. The molecule has 0 aromatic carbocycles. The first-order chi connectivity index (χ1) is 9.01. The van der Waals surface area contributed by atoms with E-state index in [1.807, 2.05) is 0 Å². The van der Waals surface area contributed by atoms with Gasteiger partial charge in [-0.05, 0) is 19.8 Å². The van der Waals surface area contributed by atoms with Gasteiger partial charge in [0.2, 0.25) is 0 Å². The Kier molecular flexibility index (Phi) is 7.16. The van der Waals surface area contributed by atoms with Crippen LogP contribution in [0.4, 0.5) is 0 Å². The van der Waals surface area contributed by atoms with Crippen LogP contribution in [0.5, 0.6) is 0 Å². The minimum Gasteiger partial charge on any atom is -0.374 e. The molecule has 0 aromatic rings. The number of hydrogen-bond acceptors (Lipinski definition) is 3. The molecule has 0 saturated carbocycles. The average Bonchev–Trinajstić information content (AvgIpc) is 2.33. The highest BCUT2D eigenvalue weighted by Gasteiger charge is 2.21. The van der Waals surface area contributed by atoms with E-state index < -0.39 is 0 Å². The van der Waals surface area contributed by atoms with Crippen molar-refractivity contribution in [1.29, 1.82) is 0 Å². The van der Waals surface area contributed by atoms with Crippen molar-refractivity contribution >= 4 is 5.96 Å². The monoisotopic (exact) mass is 270 g/mol. The van der Waals surface area contributed by atoms with E-state index in [9.17, 15) is 0 Å². The molecular formula is C14H30N4O. The van der Waals surface area contributed by atoms with Crippen LogP contribution in [0, 0.1) is 5.92 Å². The Labute approximate surface area is 117 Å². The van der Waals surface area contributed by atoms with E-state index in [4.69, 9.17) is 4.74 Å². The van der Waals surface area contributed by atoms with Crippen molar-refractivity contribution in [2.24, 2.45) is 10.9 Å². The second kappa shape index (κ2) is 8.38. The van der Waals surface area contributed by atoms with Gasteiger partial charge in [-0.15, -0.1) is 0 Å². The number of nitrogens with zero attached hydrogens (tertiary/aromatic N) is 2. The topological polar surface area (TPSA) is 48.9 Å². The zero-order valence-corrected chi connectivity index (χ0v) is 13.1. The van der Waals surface area contributed by atoms with E-state index in [2.05, 4.69) is 48.2 Å². The molecule has 5 nitrogen and oxygen atoms in total. The Morgan fingerprint density at radius 1 is 1.37 bits per heavy atom. The molecule has 2 N–H and O–H groups in total. The van der Waals surface area contributed by atoms with Gasteiger partial charge in [-0.2, -0.15) is 0 Å². The van der Waals surface area contributed by atoms with Crippen LogP contribution >= 0.6 is 0 Å². The third kappa shape index (κ3) is 6.78. The Bertz CT molecular complexity index is 279. The molecule has 1 rings (SSSR count). The fourth-order valence-electron chi connectivity index (χ4n) is 2.26. The number of morpholine rings is 1. The van der Waals surface area contributed by atoms with Gasteiger partial charge in [-0.1, -0.05) is 13.8 Å². The van der Waals surface area contributed by atoms with Gasteiger partial charge in [0.25, 0.3) is 0 Å². The maximum absolute atomic E-state index is 5.80. The van der Waals surface area contributed by atoms with Gasteiger partial charge in [0.05, 0.1) is 12.7 Å². The normalized spacial score (nSPS) is 22.1. The summed E-state index contributed by atoms with van der Waals surface area (Å²) < 4.78 is 5.80. The molecule has 0 radical (unpaired) electrons. The molecule has 5 heteroatoms. The Morgan fingerprint density at radius 2 is 2.11 bits per heavy atom. The molecule has 1 fully saturated rings. The molecule has 19 heavy (non-hydrogen) atoms.